The molecule has 0 saturated heterocycles. The van der Waals surface area contributed by atoms with Gasteiger partial charge in [0.05, 0.1) is 44.7 Å². The maximum Gasteiger partial charge on any atom is 0.279 e. The lowest BCUT2D eigenvalue weighted by molar-refractivity contribution is -0.394. The first-order valence-electron chi connectivity index (χ1n) is 11.5. The minimum atomic E-state index is -0.810. The lowest BCUT2D eigenvalue weighted by Crippen LogP contribution is -2.26. The number of hydrazone groups is 2. The molecule has 2 aromatic carbocycles. The van der Waals surface area contributed by atoms with Crippen molar-refractivity contribution in [3.63, 3.8) is 0 Å². The predicted octanol–water partition coefficient (Wildman–Crippen LogP) is 2.62. The summed E-state index contributed by atoms with van der Waals surface area (Å²) >= 11 is 0. The van der Waals surface area contributed by atoms with E-state index < -0.39 is 67.1 Å². The lowest BCUT2D eigenvalue weighted by atomic mass is 9.97. The monoisotopic (exact) mass is 556 g/mol. The maximum atomic E-state index is 12.2. The molecule has 2 N–H and O–H groups in total. The standard InChI is InChI=1S/C22H20N8O10/c31-21(9-13-1-7-17(27(33)34)11-19(13)29(37)38)25-23-15-3-5-16(6-4-15)24-26-22(32)10-14-2-8-18(28(35)36)12-20(14)30(39)40/h1-2,7-8,11-12H,3-6,9-10H2,(H,25,31)(H,26,32). The molecule has 40 heavy (non-hydrogen) atoms. The third-order valence-corrected chi connectivity index (χ3v) is 5.74. The van der Waals surface area contributed by atoms with Gasteiger partial charge in [0.15, 0.2) is 0 Å². The largest absolute Gasteiger partial charge is 0.279 e. The van der Waals surface area contributed by atoms with Crippen LogP contribution in [0.5, 0.6) is 0 Å². The van der Waals surface area contributed by atoms with Crippen molar-refractivity contribution in [1.29, 1.82) is 0 Å². The van der Waals surface area contributed by atoms with Crippen LogP contribution in [0.15, 0.2) is 46.6 Å². The van der Waals surface area contributed by atoms with Crippen LogP contribution in [0.25, 0.3) is 0 Å². The van der Waals surface area contributed by atoms with E-state index in [0.717, 1.165) is 36.4 Å². The van der Waals surface area contributed by atoms with Crippen molar-refractivity contribution in [3.05, 3.63) is 88.0 Å². The molecule has 1 fully saturated rings. The zero-order chi connectivity index (χ0) is 29.4. The number of non-ortho nitro benzene ring substituents is 2. The molecule has 0 atom stereocenters. The summed E-state index contributed by atoms with van der Waals surface area (Å²) in [6.45, 7) is 0. The first-order chi connectivity index (χ1) is 18.9. The summed E-state index contributed by atoms with van der Waals surface area (Å²) in [6.07, 6.45) is 0.718. The Morgan fingerprint density at radius 1 is 0.625 bits per heavy atom. The lowest BCUT2D eigenvalue weighted by Gasteiger charge is -2.15. The van der Waals surface area contributed by atoms with Gasteiger partial charge in [0.1, 0.15) is 0 Å². The predicted molar refractivity (Wildman–Crippen MR) is 137 cm³/mol. The summed E-state index contributed by atoms with van der Waals surface area (Å²) in [6, 6.07) is 5.97. The van der Waals surface area contributed by atoms with Crippen LogP contribution in [0.2, 0.25) is 0 Å². The van der Waals surface area contributed by atoms with Crippen LogP contribution in [0, 0.1) is 40.5 Å². The number of nitro groups is 4. The van der Waals surface area contributed by atoms with E-state index in [9.17, 15) is 50.0 Å². The molecule has 208 valence electrons. The van der Waals surface area contributed by atoms with Gasteiger partial charge >= 0.3 is 0 Å². The van der Waals surface area contributed by atoms with Crippen LogP contribution in [0.4, 0.5) is 22.7 Å². The third kappa shape index (κ3) is 7.66. The van der Waals surface area contributed by atoms with E-state index in [1.807, 2.05) is 0 Å². The average Bonchev–Trinajstić information content (AvgIpc) is 2.91. The van der Waals surface area contributed by atoms with Gasteiger partial charge < -0.3 is 0 Å². The number of benzene rings is 2. The summed E-state index contributed by atoms with van der Waals surface area (Å²) in [5.74, 6) is -1.31. The number of hydrogen-bond donors (Lipinski definition) is 2. The molecule has 1 saturated carbocycles. The second-order valence-electron chi connectivity index (χ2n) is 8.43. The van der Waals surface area contributed by atoms with Crippen LogP contribution in [0.1, 0.15) is 36.8 Å². The highest BCUT2D eigenvalue weighted by molar-refractivity contribution is 5.99. The molecule has 3 rings (SSSR count). The summed E-state index contributed by atoms with van der Waals surface area (Å²) < 4.78 is 0. The second-order valence-corrected chi connectivity index (χ2v) is 8.43. The number of hydrogen-bond acceptors (Lipinski definition) is 12. The van der Waals surface area contributed by atoms with E-state index in [2.05, 4.69) is 21.1 Å². The Hall–Kier alpha value is -5.68. The van der Waals surface area contributed by atoms with E-state index in [1.54, 1.807) is 0 Å². The van der Waals surface area contributed by atoms with Crippen molar-refractivity contribution in [3.8, 4) is 0 Å². The number of carbonyl (C=O) groups is 2. The topological polar surface area (TPSA) is 255 Å². The van der Waals surface area contributed by atoms with Gasteiger partial charge in [-0.15, -0.1) is 0 Å². The Labute approximate surface area is 223 Å². The second kappa shape index (κ2) is 12.7. The van der Waals surface area contributed by atoms with Crippen molar-refractivity contribution in [1.82, 2.24) is 10.9 Å². The van der Waals surface area contributed by atoms with Crippen molar-refractivity contribution in [2.75, 3.05) is 0 Å². The third-order valence-electron chi connectivity index (χ3n) is 5.74. The highest BCUT2D eigenvalue weighted by atomic mass is 16.6. The van der Waals surface area contributed by atoms with Gasteiger partial charge in [0, 0.05) is 34.7 Å². The van der Waals surface area contributed by atoms with Crippen LogP contribution < -0.4 is 10.9 Å². The van der Waals surface area contributed by atoms with E-state index in [0.29, 0.717) is 37.1 Å². The van der Waals surface area contributed by atoms with Gasteiger partial charge in [-0.2, -0.15) is 10.2 Å². The molecule has 18 nitrogen and oxygen atoms in total. The Balaban J connectivity index is 1.52. The Morgan fingerprint density at radius 3 is 1.27 bits per heavy atom. The minimum absolute atomic E-state index is 0.0128. The molecule has 0 heterocycles. The fourth-order valence-corrected chi connectivity index (χ4v) is 3.73. The molecule has 0 bridgehead atoms. The van der Waals surface area contributed by atoms with Crippen molar-refractivity contribution < 1.29 is 29.3 Å². The van der Waals surface area contributed by atoms with E-state index in [1.165, 1.54) is 0 Å². The van der Waals surface area contributed by atoms with Gasteiger partial charge in [0.2, 0.25) is 11.8 Å². The average molecular weight is 556 g/mol. The van der Waals surface area contributed by atoms with Crippen LogP contribution in [-0.4, -0.2) is 42.9 Å². The van der Waals surface area contributed by atoms with Gasteiger partial charge in [-0.1, -0.05) is 0 Å². The fourth-order valence-electron chi connectivity index (χ4n) is 3.73. The number of carbonyl (C=O) groups excluding carboxylic acids is 2. The Kier molecular flexibility index (Phi) is 9.18. The van der Waals surface area contributed by atoms with E-state index in [4.69, 9.17) is 0 Å². The SMILES string of the molecule is O=C(Cc1ccc([N+](=O)[O-])cc1[N+](=O)[O-])NN=C1CCC(=NNC(=O)Cc2ccc([N+](=O)[O-])cc2[N+](=O)[O-])CC1. The van der Waals surface area contributed by atoms with Crippen molar-refractivity contribution in [2.24, 2.45) is 10.2 Å². The summed E-state index contributed by atoms with van der Waals surface area (Å²) in [5.41, 5.74) is 3.75. The Bertz CT molecular complexity index is 1350. The maximum absolute atomic E-state index is 12.2. The number of nitrogens with zero attached hydrogens (tertiary/aromatic N) is 6. The molecule has 0 radical (unpaired) electrons. The Morgan fingerprint density at radius 2 is 0.975 bits per heavy atom. The minimum Gasteiger partial charge on any atom is -0.273 e. The zero-order valence-electron chi connectivity index (χ0n) is 20.5. The molecule has 0 spiro atoms. The quantitative estimate of drug-likeness (QED) is 0.319. The molecule has 0 unspecified atom stereocenters. The first kappa shape index (κ1) is 28.9. The fraction of sp³-hybridized carbons (Fsp3) is 0.273. The summed E-state index contributed by atoms with van der Waals surface area (Å²) in [4.78, 5) is 65.4. The highest BCUT2D eigenvalue weighted by Gasteiger charge is 2.23. The molecule has 0 aromatic heterocycles. The highest BCUT2D eigenvalue weighted by Crippen LogP contribution is 2.26. The van der Waals surface area contributed by atoms with E-state index >= 15 is 0 Å². The molecule has 1 aliphatic rings. The van der Waals surface area contributed by atoms with Crippen LogP contribution in [-0.2, 0) is 22.4 Å². The molecule has 2 amide bonds. The van der Waals surface area contributed by atoms with Gasteiger partial charge in [0.25, 0.3) is 22.7 Å². The van der Waals surface area contributed by atoms with Gasteiger partial charge in [-0.25, -0.2) is 10.9 Å². The summed E-state index contributed by atoms with van der Waals surface area (Å²) in [5, 5.41) is 52.1. The molecule has 2 aromatic rings. The molecular weight excluding hydrogens is 536 g/mol. The number of nitrogens with one attached hydrogen (secondary N) is 2. The molecular formula is C22H20N8O10. The van der Waals surface area contributed by atoms with Gasteiger partial charge in [-0.3, -0.25) is 50.0 Å². The van der Waals surface area contributed by atoms with Crippen molar-refractivity contribution in [2.45, 2.75) is 38.5 Å². The van der Waals surface area contributed by atoms with Crippen molar-refractivity contribution >= 4 is 46.0 Å². The molecule has 18 heteroatoms. The number of amides is 2. The molecule has 1 aliphatic carbocycles. The normalized spacial score (nSPS) is 12.7. The van der Waals surface area contributed by atoms with Crippen LogP contribution in [0.3, 0.4) is 0 Å². The zero-order valence-corrected chi connectivity index (χ0v) is 20.5. The number of rotatable bonds is 10. The first-order valence-corrected chi connectivity index (χ1v) is 11.5. The van der Waals surface area contributed by atoms with E-state index in [-0.39, 0.29) is 11.1 Å². The number of nitro benzene ring substituents is 4. The molecule has 0 aliphatic heterocycles. The van der Waals surface area contributed by atoms with Crippen LogP contribution >= 0.6 is 0 Å². The van der Waals surface area contributed by atoms with Gasteiger partial charge in [-0.05, 0) is 37.8 Å². The summed E-state index contributed by atoms with van der Waals surface area (Å²) in [7, 11) is 0. The smallest absolute Gasteiger partial charge is 0.273 e.